The number of rotatable bonds is 4. The van der Waals surface area contributed by atoms with Crippen molar-refractivity contribution < 1.29 is 0 Å². The van der Waals surface area contributed by atoms with Crippen LogP contribution in [0.5, 0.6) is 0 Å². The van der Waals surface area contributed by atoms with Gasteiger partial charge in [0.2, 0.25) is 11.9 Å². The number of hydrogen-bond acceptors (Lipinski definition) is 5. The third kappa shape index (κ3) is 2.99. The largest absolute Gasteiger partial charge is 0.368 e. The summed E-state index contributed by atoms with van der Waals surface area (Å²) in [4.78, 5) is 12.3. The van der Waals surface area contributed by atoms with Gasteiger partial charge in [0.05, 0.1) is 0 Å². The molecule has 2 rings (SSSR count). The summed E-state index contributed by atoms with van der Waals surface area (Å²) >= 11 is 0. The Bertz CT molecular complexity index is 521. The fourth-order valence-corrected chi connectivity index (χ4v) is 2.19. The Morgan fingerprint density at radius 2 is 1.58 bits per heavy atom. The zero-order valence-electron chi connectivity index (χ0n) is 11.2. The zero-order valence-corrected chi connectivity index (χ0v) is 11.2. The quantitative estimate of drug-likeness (QED) is 0.876. The maximum absolute atomic E-state index is 5.67. The van der Waals surface area contributed by atoms with Gasteiger partial charge in [-0.05, 0) is 11.5 Å². The fourth-order valence-electron chi connectivity index (χ4n) is 2.19. The molecule has 2 unspecified atom stereocenters. The summed E-state index contributed by atoms with van der Waals surface area (Å²) in [5, 5.41) is 0. The van der Waals surface area contributed by atoms with Crippen molar-refractivity contribution in [3.63, 3.8) is 0 Å². The lowest BCUT2D eigenvalue weighted by Gasteiger charge is -2.22. The first-order valence-corrected chi connectivity index (χ1v) is 6.43. The van der Waals surface area contributed by atoms with Gasteiger partial charge in [-0.3, -0.25) is 0 Å². The molecule has 0 fully saturated rings. The summed E-state index contributed by atoms with van der Waals surface area (Å²) in [6, 6.07) is 10.2. The molecule has 0 amide bonds. The smallest absolute Gasteiger partial charge is 0.225 e. The van der Waals surface area contributed by atoms with Crippen LogP contribution in [0.25, 0.3) is 0 Å². The molecule has 19 heavy (non-hydrogen) atoms. The van der Waals surface area contributed by atoms with E-state index in [0.717, 1.165) is 6.42 Å². The van der Waals surface area contributed by atoms with Crippen LogP contribution in [0.2, 0.25) is 0 Å². The number of aromatic nitrogens is 3. The summed E-state index contributed by atoms with van der Waals surface area (Å²) in [7, 11) is 0. The fraction of sp³-hybridized carbons (Fsp3) is 0.357. The highest BCUT2D eigenvalue weighted by atomic mass is 15.1. The predicted molar refractivity (Wildman–Crippen MR) is 76.4 cm³/mol. The molecule has 2 aromatic rings. The molecule has 0 radical (unpaired) electrons. The van der Waals surface area contributed by atoms with E-state index in [9.17, 15) is 0 Å². The van der Waals surface area contributed by atoms with Crippen molar-refractivity contribution in [1.29, 1.82) is 0 Å². The van der Waals surface area contributed by atoms with Crippen molar-refractivity contribution in [2.24, 2.45) is 5.92 Å². The lowest BCUT2D eigenvalue weighted by Crippen LogP contribution is -2.17. The topological polar surface area (TPSA) is 90.7 Å². The van der Waals surface area contributed by atoms with Gasteiger partial charge < -0.3 is 11.5 Å². The Morgan fingerprint density at radius 3 is 2.11 bits per heavy atom. The van der Waals surface area contributed by atoms with Crippen LogP contribution in [-0.2, 0) is 0 Å². The average Bonchev–Trinajstić information content (AvgIpc) is 2.39. The minimum atomic E-state index is 0.0822. The molecule has 0 bridgehead atoms. The lowest BCUT2D eigenvalue weighted by molar-refractivity contribution is 0.478. The maximum atomic E-state index is 5.67. The summed E-state index contributed by atoms with van der Waals surface area (Å²) in [5.41, 5.74) is 12.5. The van der Waals surface area contributed by atoms with E-state index in [1.807, 2.05) is 18.2 Å². The second kappa shape index (κ2) is 5.65. The molecule has 5 nitrogen and oxygen atoms in total. The molecule has 0 saturated heterocycles. The predicted octanol–water partition coefficient (Wildman–Crippen LogP) is 2.21. The van der Waals surface area contributed by atoms with Crippen LogP contribution in [0.15, 0.2) is 30.3 Å². The number of benzene rings is 1. The normalized spacial score (nSPS) is 14.0. The first-order chi connectivity index (χ1) is 9.11. The molecule has 2 atom stereocenters. The Hall–Kier alpha value is -2.17. The van der Waals surface area contributed by atoms with E-state index in [-0.39, 0.29) is 17.8 Å². The van der Waals surface area contributed by atoms with Crippen LogP contribution in [0, 0.1) is 5.92 Å². The molecule has 5 heteroatoms. The summed E-state index contributed by atoms with van der Waals surface area (Å²) in [6.45, 7) is 4.32. The minimum absolute atomic E-state index is 0.0822. The van der Waals surface area contributed by atoms with E-state index in [0.29, 0.717) is 11.7 Å². The van der Waals surface area contributed by atoms with Crippen LogP contribution < -0.4 is 11.5 Å². The van der Waals surface area contributed by atoms with E-state index in [4.69, 9.17) is 11.5 Å². The van der Waals surface area contributed by atoms with Crippen LogP contribution >= 0.6 is 0 Å². The standard InChI is InChI=1S/C14H19N5/c1-3-9(2)11(10-7-5-4-6-8-10)12-17-13(15)19-14(16)18-12/h4-9,11H,3H2,1-2H3,(H4,15,16,17,18,19). The van der Waals surface area contributed by atoms with Gasteiger partial charge in [-0.15, -0.1) is 0 Å². The number of nitrogens with zero attached hydrogens (tertiary/aromatic N) is 3. The van der Waals surface area contributed by atoms with Gasteiger partial charge in [-0.1, -0.05) is 50.6 Å². The van der Waals surface area contributed by atoms with Gasteiger partial charge in [0, 0.05) is 5.92 Å². The van der Waals surface area contributed by atoms with E-state index in [2.05, 4.69) is 40.9 Å². The van der Waals surface area contributed by atoms with Gasteiger partial charge in [0.1, 0.15) is 5.82 Å². The Balaban J connectivity index is 2.49. The van der Waals surface area contributed by atoms with Crippen molar-refractivity contribution in [1.82, 2.24) is 15.0 Å². The molecular formula is C14H19N5. The highest BCUT2D eigenvalue weighted by Crippen LogP contribution is 2.31. The Morgan fingerprint density at radius 1 is 1.00 bits per heavy atom. The molecule has 0 aliphatic rings. The van der Waals surface area contributed by atoms with Crippen molar-refractivity contribution in [3.05, 3.63) is 41.7 Å². The Labute approximate surface area is 113 Å². The van der Waals surface area contributed by atoms with E-state index < -0.39 is 0 Å². The van der Waals surface area contributed by atoms with Crippen LogP contribution in [0.3, 0.4) is 0 Å². The van der Waals surface area contributed by atoms with Crippen LogP contribution in [-0.4, -0.2) is 15.0 Å². The highest BCUT2D eigenvalue weighted by Gasteiger charge is 2.23. The molecule has 4 N–H and O–H groups in total. The molecule has 0 aliphatic carbocycles. The molecule has 1 heterocycles. The Kier molecular flexibility index (Phi) is 3.94. The molecular weight excluding hydrogens is 238 g/mol. The van der Waals surface area contributed by atoms with Crippen LogP contribution in [0.4, 0.5) is 11.9 Å². The number of nitrogens with two attached hydrogens (primary N) is 2. The van der Waals surface area contributed by atoms with Gasteiger partial charge in [0.15, 0.2) is 0 Å². The first kappa shape index (κ1) is 13.3. The number of nitrogen functional groups attached to an aromatic ring is 2. The van der Waals surface area contributed by atoms with Gasteiger partial charge in [0.25, 0.3) is 0 Å². The zero-order chi connectivity index (χ0) is 13.8. The van der Waals surface area contributed by atoms with E-state index >= 15 is 0 Å². The van der Waals surface area contributed by atoms with E-state index in [1.165, 1.54) is 5.56 Å². The third-order valence-electron chi connectivity index (χ3n) is 3.34. The van der Waals surface area contributed by atoms with Gasteiger partial charge in [-0.25, -0.2) is 0 Å². The van der Waals surface area contributed by atoms with E-state index in [1.54, 1.807) is 0 Å². The molecule has 100 valence electrons. The second-order valence-corrected chi connectivity index (χ2v) is 4.68. The van der Waals surface area contributed by atoms with Crippen molar-refractivity contribution in [2.45, 2.75) is 26.2 Å². The SMILES string of the molecule is CCC(C)C(c1ccccc1)c1nc(N)nc(N)n1. The molecule has 0 aliphatic heterocycles. The molecule has 1 aromatic heterocycles. The maximum Gasteiger partial charge on any atom is 0.225 e. The summed E-state index contributed by atoms with van der Waals surface area (Å²) in [5.74, 6) is 1.46. The molecule has 0 saturated carbocycles. The minimum Gasteiger partial charge on any atom is -0.368 e. The van der Waals surface area contributed by atoms with Crippen molar-refractivity contribution in [3.8, 4) is 0 Å². The van der Waals surface area contributed by atoms with Crippen molar-refractivity contribution >= 4 is 11.9 Å². The lowest BCUT2D eigenvalue weighted by atomic mass is 9.85. The van der Waals surface area contributed by atoms with Gasteiger partial charge >= 0.3 is 0 Å². The monoisotopic (exact) mass is 257 g/mol. The summed E-state index contributed by atoms with van der Waals surface area (Å²) < 4.78 is 0. The number of hydrogen-bond donors (Lipinski definition) is 2. The highest BCUT2D eigenvalue weighted by molar-refractivity contribution is 5.32. The molecule has 0 spiro atoms. The molecule has 1 aromatic carbocycles. The van der Waals surface area contributed by atoms with Crippen LogP contribution in [0.1, 0.15) is 37.6 Å². The third-order valence-corrected chi connectivity index (χ3v) is 3.34. The first-order valence-electron chi connectivity index (χ1n) is 6.43. The van der Waals surface area contributed by atoms with Gasteiger partial charge in [-0.2, -0.15) is 15.0 Å². The average molecular weight is 257 g/mol. The number of anilines is 2. The second-order valence-electron chi connectivity index (χ2n) is 4.68. The summed E-state index contributed by atoms with van der Waals surface area (Å²) in [6.07, 6.45) is 1.02. The van der Waals surface area contributed by atoms with Crippen molar-refractivity contribution in [2.75, 3.05) is 11.5 Å².